The van der Waals surface area contributed by atoms with Crippen LogP contribution in [0.1, 0.15) is 38.8 Å². The summed E-state index contributed by atoms with van der Waals surface area (Å²) in [4.78, 5) is 40.2. The van der Waals surface area contributed by atoms with Crippen LogP contribution in [0, 0.1) is 0 Å². The number of imide groups is 1. The number of carbonyl (C=O) groups excluding carboxylic acids is 3. The fourth-order valence-corrected chi connectivity index (χ4v) is 4.26. The summed E-state index contributed by atoms with van der Waals surface area (Å²) in [5, 5.41) is 0. The van der Waals surface area contributed by atoms with Gasteiger partial charge in [-0.15, -0.1) is 0 Å². The van der Waals surface area contributed by atoms with E-state index in [2.05, 4.69) is 0 Å². The summed E-state index contributed by atoms with van der Waals surface area (Å²) in [5.74, 6) is -1.28. The molecule has 5 heteroatoms. The van der Waals surface area contributed by atoms with Crippen LogP contribution < -0.4 is 4.90 Å². The highest BCUT2D eigenvalue weighted by atomic mass is 16.5. The van der Waals surface area contributed by atoms with Crippen molar-refractivity contribution in [1.82, 2.24) is 0 Å². The number of ether oxygens (including phenoxy) is 1. The normalized spacial score (nSPS) is 14.0. The third-order valence-electron chi connectivity index (χ3n) is 6.05. The van der Waals surface area contributed by atoms with Crippen LogP contribution in [0.5, 0.6) is 0 Å². The van der Waals surface area contributed by atoms with E-state index in [4.69, 9.17) is 4.74 Å². The first-order valence-electron chi connectivity index (χ1n) is 11.7. The monoisotopic (exact) mass is 473 g/mol. The fraction of sp³-hybridized carbons (Fsp3) is 0.0645. The minimum absolute atomic E-state index is 0.265. The highest BCUT2D eigenvalue weighted by molar-refractivity contribution is 6.43. The molecule has 5 nitrogen and oxygen atoms in total. The predicted octanol–water partition coefficient (Wildman–Crippen LogP) is 6.26. The molecule has 0 spiro atoms. The first kappa shape index (κ1) is 23.0. The van der Waals surface area contributed by atoms with Crippen molar-refractivity contribution in [3.63, 3.8) is 0 Å². The maximum atomic E-state index is 13.7. The minimum Gasteiger partial charge on any atom is -0.462 e. The standard InChI is InChI=1S/C31H23NO4/c1-2-36-31(35)24-16-18-25(19-17-24)32-29(33)27-11-7-6-10-26(27)28(30(32)34)20-21-12-14-23(15-13-21)22-8-4-3-5-9-22/h3-20H,2H2,1H3/b28-20-. The molecule has 0 bridgehead atoms. The van der Waals surface area contributed by atoms with Gasteiger partial charge in [0.25, 0.3) is 11.8 Å². The summed E-state index contributed by atoms with van der Waals surface area (Å²) in [7, 11) is 0. The topological polar surface area (TPSA) is 63.7 Å². The molecular weight excluding hydrogens is 450 g/mol. The van der Waals surface area contributed by atoms with Gasteiger partial charge in [0.05, 0.1) is 17.9 Å². The first-order chi connectivity index (χ1) is 17.6. The van der Waals surface area contributed by atoms with E-state index in [0.717, 1.165) is 21.6 Å². The second kappa shape index (κ2) is 9.84. The molecule has 2 amide bonds. The molecule has 0 N–H and O–H groups in total. The molecule has 36 heavy (non-hydrogen) atoms. The molecule has 1 heterocycles. The van der Waals surface area contributed by atoms with E-state index in [1.807, 2.05) is 66.7 Å². The van der Waals surface area contributed by atoms with Crippen LogP contribution in [0.15, 0.2) is 103 Å². The van der Waals surface area contributed by atoms with Gasteiger partial charge in [-0.25, -0.2) is 9.69 Å². The van der Waals surface area contributed by atoms with Crippen LogP contribution >= 0.6 is 0 Å². The molecule has 1 aliphatic rings. The van der Waals surface area contributed by atoms with Crippen LogP contribution in [0.3, 0.4) is 0 Å². The molecule has 0 aromatic heterocycles. The van der Waals surface area contributed by atoms with Crippen molar-refractivity contribution in [2.75, 3.05) is 11.5 Å². The number of fused-ring (bicyclic) bond motifs is 1. The zero-order chi connectivity index (χ0) is 25.1. The summed E-state index contributed by atoms with van der Waals surface area (Å²) >= 11 is 0. The molecule has 0 saturated carbocycles. The van der Waals surface area contributed by atoms with Crippen molar-refractivity contribution in [2.45, 2.75) is 6.92 Å². The van der Waals surface area contributed by atoms with Gasteiger partial charge in [-0.05, 0) is 65.6 Å². The Balaban J connectivity index is 1.52. The van der Waals surface area contributed by atoms with Crippen LogP contribution in [0.25, 0.3) is 22.8 Å². The lowest BCUT2D eigenvalue weighted by Crippen LogP contribution is -2.41. The quantitative estimate of drug-likeness (QED) is 0.195. The van der Waals surface area contributed by atoms with Gasteiger partial charge in [0.2, 0.25) is 0 Å². The van der Waals surface area contributed by atoms with Crippen LogP contribution in [0.4, 0.5) is 5.69 Å². The van der Waals surface area contributed by atoms with Gasteiger partial charge in [0.1, 0.15) is 0 Å². The largest absolute Gasteiger partial charge is 0.462 e. The van der Waals surface area contributed by atoms with Crippen LogP contribution in [-0.4, -0.2) is 24.4 Å². The summed E-state index contributed by atoms with van der Waals surface area (Å²) in [6.45, 7) is 2.00. The van der Waals surface area contributed by atoms with Gasteiger partial charge in [0, 0.05) is 11.1 Å². The molecule has 4 aromatic rings. The fourth-order valence-electron chi connectivity index (χ4n) is 4.26. The number of benzene rings is 4. The number of amides is 2. The van der Waals surface area contributed by atoms with E-state index in [0.29, 0.717) is 28.0 Å². The van der Waals surface area contributed by atoms with E-state index >= 15 is 0 Å². The van der Waals surface area contributed by atoms with Crippen molar-refractivity contribution in [3.8, 4) is 11.1 Å². The molecule has 0 fully saturated rings. The van der Waals surface area contributed by atoms with Gasteiger partial charge in [-0.3, -0.25) is 9.59 Å². The van der Waals surface area contributed by atoms with Gasteiger partial charge in [0.15, 0.2) is 0 Å². The van der Waals surface area contributed by atoms with E-state index in [1.54, 1.807) is 49.4 Å². The number of hydrogen-bond acceptors (Lipinski definition) is 4. The molecule has 1 aliphatic heterocycles. The Bertz CT molecular complexity index is 1470. The van der Waals surface area contributed by atoms with Gasteiger partial charge in [-0.2, -0.15) is 0 Å². The number of nitrogens with zero attached hydrogens (tertiary/aromatic N) is 1. The molecule has 0 saturated heterocycles. The van der Waals surface area contributed by atoms with Crippen molar-refractivity contribution < 1.29 is 19.1 Å². The third kappa shape index (κ3) is 4.34. The number of hydrogen-bond donors (Lipinski definition) is 0. The summed E-state index contributed by atoms with van der Waals surface area (Å²) in [6.07, 6.45) is 1.81. The van der Waals surface area contributed by atoms with Crippen molar-refractivity contribution in [1.29, 1.82) is 0 Å². The molecule has 0 unspecified atom stereocenters. The summed E-state index contributed by atoms with van der Waals surface area (Å²) in [6, 6.07) is 31.4. The van der Waals surface area contributed by atoms with E-state index in [9.17, 15) is 14.4 Å². The van der Waals surface area contributed by atoms with Gasteiger partial charge >= 0.3 is 5.97 Å². The minimum atomic E-state index is -0.453. The average Bonchev–Trinajstić information content (AvgIpc) is 2.92. The average molecular weight is 474 g/mol. The van der Waals surface area contributed by atoms with E-state index < -0.39 is 17.8 Å². The zero-order valence-corrected chi connectivity index (χ0v) is 19.7. The first-order valence-corrected chi connectivity index (χ1v) is 11.7. The van der Waals surface area contributed by atoms with E-state index in [-0.39, 0.29) is 6.61 Å². The predicted molar refractivity (Wildman–Crippen MR) is 140 cm³/mol. The molecule has 4 aromatic carbocycles. The lowest BCUT2D eigenvalue weighted by atomic mass is 9.91. The molecule has 0 aliphatic carbocycles. The number of rotatable bonds is 5. The van der Waals surface area contributed by atoms with Crippen molar-refractivity contribution in [2.24, 2.45) is 0 Å². The Morgan fingerprint density at radius 1 is 0.722 bits per heavy atom. The van der Waals surface area contributed by atoms with Crippen LogP contribution in [-0.2, 0) is 9.53 Å². The Morgan fingerprint density at radius 3 is 2.00 bits per heavy atom. The Hall–Kier alpha value is -4.77. The second-order valence-corrected chi connectivity index (χ2v) is 8.30. The van der Waals surface area contributed by atoms with Gasteiger partial charge in [-0.1, -0.05) is 72.8 Å². The van der Waals surface area contributed by atoms with E-state index in [1.165, 1.54) is 0 Å². The number of esters is 1. The lowest BCUT2D eigenvalue weighted by Gasteiger charge is -2.28. The highest BCUT2D eigenvalue weighted by Crippen LogP contribution is 2.34. The lowest BCUT2D eigenvalue weighted by molar-refractivity contribution is -0.112. The number of carbonyl (C=O) groups is 3. The SMILES string of the molecule is CCOC(=O)c1ccc(N2C(=O)/C(=C\c3ccc(-c4ccccc4)cc3)c3ccccc3C2=O)cc1. The molecular formula is C31H23NO4. The second-order valence-electron chi connectivity index (χ2n) is 8.30. The Labute approximate surface area is 209 Å². The summed E-state index contributed by atoms with van der Waals surface area (Å²) < 4.78 is 5.03. The smallest absolute Gasteiger partial charge is 0.338 e. The molecule has 0 radical (unpaired) electrons. The maximum Gasteiger partial charge on any atom is 0.338 e. The van der Waals surface area contributed by atoms with Crippen LogP contribution in [0.2, 0.25) is 0 Å². The van der Waals surface area contributed by atoms with Crippen molar-refractivity contribution >= 4 is 35.1 Å². The Kier molecular flexibility index (Phi) is 6.29. The molecule has 5 rings (SSSR count). The molecule has 176 valence electrons. The highest BCUT2D eigenvalue weighted by Gasteiger charge is 2.35. The Morgan fingerprint density at radius 2 is 1.33 bits per heavy atom. The molecule has 0 atom stereocenters. The third-order valence-corrected chi connectivity index (χ3v) is 6.05. The van der Waals surface area contributed by atoms with Crippen molar-refractivity contribution in [3.05, 3.63) is 125 Å². The summed E-state index contributed by atoms with van der Waals surface area (Å²) in [5.41, 5.74) is 5.24. The van der Waals surface area contributed by atoms with Gasteiger partial charge < -0.3 is 4.74 Å². The number of anilines is 1. The zero-order valence-electron chi connectivity index (χ0n) is 19.7. The maximum absolute atomic E-state index is 13.7.